The maximum absolute atomic E-state index is 12.3. The standard InChI is InChI=1S/C23H26BrN3O3/c1-13(2)17-8-6-15(5)10-20(17)30-12-21(28)25-26-22-18-11-16(24)7-9-19(18)27(14(3)4)23(22)29/h6-11,13-14,29H,12H2,1-5H3. The molecule has 0 bridgehead atoms. The van der Waals surface area contributed by atoms with Crippen LogP contribution in [0.1, 0.15) is 50.8 Å². The Hall–Kier alpha value is -2.67. The van der Waals surface area contributed by atoms with E-state index >= 15 is 0 Å². The number of amides is 1. The Kier molecular flexibility index (Phi) is 6.61. The average molecular weight is 472 g/mol. The molecule has 0 fully saturated rings. The molecule has 1 amide bonds. The number of rotatable bonds is 6. The molecule has 0 aliphatic heterocycles. The number of benzene rings is 2. The van der Waals surface area contributed by atoms with Gasteiger partial charge in [0.1, 0.15) is 5.75 Å². The SMILES string of the molecule is Cc1ccc(C(C)C)c(OCC(=O)N=Nc2c(O)n(C(C)C)c3ccc(Br)cc23)c1. The second-order valence-corrected chi connectivity index (χ2v) is 8.79. The molecule has 1 aromatic heterocycles. The van der Waals surface area contributed by atoms with E-state index in [9.17, 15) is 9.90 Å². The van der Waals surface area contributed by atoms with Gasteiger partial charge in [-0.05, 0) is 62.1 Å². The monoisotopic (exact) mass is 471 g/mol. The molecular weight excluding hydrogens is 446 g/mol. The van der Waals surface area contributed by atoms with Crippen LogP contribution in [0.3, 0.4) is 0 Å². The summed E-state index contributed by atoms with van der Waals surface area (Å²) in [6, 6.07) is 11.6. The van der Waals surface area contributed by atoms with Gasteiger partial charge in [-0.2, -0.15) is 0 Å². The molecule has 0 aliphatic rings. The lowest BCUT2D eigenvalue weighted by molar-refractivity contribution is -0.120. The molecule has 1 N–H and O–H groups in total. The normalized spacial score (nSPS) is 11.9. The predicted molar refractivity (Wildman–Crippen MR) is 122 cm³/mol. The Balaban J connectivity index is 1.84. The molecule has 0 unspecified atom stereocenters. The number of azo groups is 1. The Morgan fingerprint density at radius 1 is 1.17 bits per heavy atom. The highest BCUT2D eigenvalue weighted by Crippen LogP contribution is 2.41. The first-order chi connectivity index (χ1) is 14.2. The van der Waals surface area contributed by atoms with Crippen molar-refractivity contribution in [2.24, 2.45) is 10.2 Å². The summed E-state index contributed by atoms with van der Waals surface area (Å²) in [5.41, 5.74) is 3.18. The Labute approximate surface area is 184 Å². The topological polar surface area (TPSA) is 76.2 Å². The third-order valence-corrected chi connectivity index (χ3v) is 5.33. The second kappa shape index (κ2) is 9.00. The van der Waals surface area contributed by atoms with Crippen LogP contribution in [0, 0.1) is 6.92 Å². The van der Waals surface area contributed by atoms with Gasteiger partial charge in [0.15, 0.2) is 12.3 Å². The van der Waals surface area contributed by atoms with Gasteiger partial charge in [-0.25, -0.2) is 0 Å². The summed E-state index contributed by atoms with van der Waals surface area (Å²) >= 11 is 3.44. The first-order valence-electron chi connectivity index (χ1n) is 9.89. The van der Waals surface area contributed by atoms with Crippen LogP contribution >= 0.6 is 15.9 Å². The molecule has 0 saturated heterocycles. The van der Waals surface area contributed by atoms with Crippen LogP contribution in [0.15, 0.2) is 51.1 Å². The summed E-state index contributed by atoms with van der Waals surface area (Å²) in [6.07, 6.45) is 0. The molecule has 1 heterocycles. The fourth-order valence-corrected chi connectivity index (χ4v) is 3.76. The number of fused-ring (bicyclic) bond motifs is 1. The van der Waals surface area contributed by atoms with Gasteiger partial charge in [0.25, 0.3) is 0 Å². The maximum atomic E-state index is 12.3. The number of nitrogens with zero attached hydrogens (tertiary/aromatic N) is 3. The molecule has 30 heavy (non-hydrogen) atoms. The van der Waals surface area contributed by atoms with Crippen molar-refractivity contribution in [1.82, 2.24) is 4.57 Å². The molecular formula is C23H26BrN3O3. The van der Waals surface area contributed by atoms with Crippen molar-refractivity contribution in [3.8, 4) is 11.6 Å². The fourth-order valence-electron chi connectivity index (χ4n) is 3.40. The van der Waals surface area contributed by atoms with Crippen molar-refractivity contribution in [3.05, 3.63) is 52.0 Å². The molecule has 0 spiro atoms. The number of hydrogen-bond donors (Lipinski definition) is 1. The van der Waals surface area contributed by atoms with E-state index in [0.717, 1.165) is 21.1 Å². The molecule has 2 aromatic carbocycles. The number of aromatic hydroxyl groups is 1. The number of aromatic nitrogens is 1. The fraction of sp³-hybridized carbons (Fsp3) is 0.348. The summed E-state index contributed by atoms with van der Waals surface area (Å²) in [7, 11) is 0. The van der Waals surface area contributed by atoms with Crippen molar-refractivity contribution >= 4 is 38.4 Å². The molecule has 158 valence electrons. The Morgan fingerprint density at radius 3 is 2.57 bits per heavy atom. The van der Waals surface area contributed by atoms with Gasteiger partial charge >= 0.3 is 5.91 Å². The molecule has 0 saturated carbocycles. The highest BCUT2D eigenvalue weighted by molar-refractivity contribution is 9.10. The minimum atomic E-state index is -0.522. The number of ether oxygens (including phenoxy) is 1. The van der Waals surface area contributed by atoms with Crippen molar-refractivity contribution in [2.75, 3.05) is 6.61 Å². The van der Waals surface area contributed by atoms with Crippen molar-refractivity contribution in [1.29, 1.82) is 0 Å². The summed E-state index contributed by atoms with van der Waals surface area (Å²) in [6.45, 7) is 9.84. The second-order valence-electron chi connectivity index (χ2n) is 7.88. The third-order valence-electron chi connectivity index (χ3n) is 4.83. The zero-order valence-corrected chi connectivity index (χ0v) is 19.4. The van der Waals surface area contributed by atoms with Gasteiger partial charge in [0.2, 0.25) is 5.88 Å². The van der Waals surface area contributed by atoms with Gasteiger partial charge in [-0.15, -0.1) is 10.2 Å². The minimum Gasteiger partial charge on any atom is -0.493 e. The van der Waals surface area contributed by atoms with E-state index in [2.05, 4.69) is 40.0 Å². The van der Waals surface area contributed by atoms with Crippen LogP contribution in [0.5, 0.6) is 11.6 Å². The molecule has 0 aliphatic carbocycles. The molecule has 3 aromatic rings. The molecule has 0 atom stereocenters. The smallest absolute Gasteiger partial charge is 0.302 e. The highest BCUT2D eigenvalue weighted by Gasteiger charge is 2.19. The molecule has 0 radical (unpaired) electrons. The lowest BCUT2D eigenvalue weighted by atomic mass is 10.0. The van der Waals surface area contributed by atoms with Crippen molar-refractivity contribution in [3.63, 3.8) is 0 Å². The Morgan fingerprint density at radius 2 is 1.90 bits per heavy atom. The average Bonchev–Trinajstić information content (AvgIpc) is 2.95. The van der Waals surface area contributed by atoms with Gasteiger partial charge < -0.3 is 14.4 Å². The van der Waals surface area contributed by atoms with Crippen LogP contribution in [-0.4, -0.2) is 22.2 Å². The summed E-state index contributed by atoms with van der Waals surface area (Å²) in [5, 5.41) is 19.3. The van der Waals surface area contributed by atoms with Crippen LogP contribution < -0.4 is 4.74 Å². The van der Waals surface area contributed by atoms with E-state index < -0.39 is 5.91 Å². The van der Waals surface area contributed by atoms with Gasteiger partial charge in [0, 0.05) is 15.9 Å². The molecule has 7 heteroatoms. The maximum Gasteiger partial charge on any atom is 0.302 e. The molecule has 6 nitrogen and oxygen atoms in total. The number of halogens is 1. The highest BCUT2D eigenvalue weighted by atomic mass is 79.9. The zero-order chi connectivity index (χ0) is 22.0. The lowest BCUT2D eigenvalue weighted by Gasteiger charge is -2.13. The van der Waals surface area contributed by atoms with Crippen LogP contribution in [0.4, 0.5) is 5.69 Å². The minimum absolute atomic E-state index is 0.0173. The van der Waals surface area contributed by atoms with Crippen molar-refractivity contribution in [2.45, 2.75) is 46.6 Å². The van der Waals surface area contributed by atoms with Crippen molar-refractivity contribution < 1.29 is 14.6 Å². The van der Waals surface area contributed by atoms with Gasteiger partial charge in [0.05, 0.1) is 5.52 Å². The van der Waals surface area contributed by atoms with Gasteiger partial charge in [-0.1, -0.05) is 41.9 Å². The van der Waals surface area contributed by atoms with E-state index in [4.69, 9.17) is 4.74 Å². The summed E-state index contributed by atoms with van der Waals surface area (Å²) < 4.78 is 8.34. The third kappa shape index (κ3) is 4.56. The summed E-state index contributed by atoms with van der Waals surface area (Å²) in [4.78, 5) is 12.3. The van der Waals surface area contributed by atoms with E-state index in [-0.39, 0.29) is 30.1 Å². The zero-order valence-electron chi connectivity index (χ0n) is 17.8. The summed E-state index contributed by atoms with van der Waals surface area (Å²) in [5.74, 6) is 0.411. The first kappa shape index (κ1) is 22.0. The number of carbonyl (C=O) groups excluding carboxylic acids is 1. The van der Waals surface area contributed by atoms with Gasteiger partial charge in [-0.3, -0.25) is 4.79 Å². The van der Waals surface area contributed by atoms with E-state index in [0.29, 0.717) is 11.1 Å². The van der Waals surface area contributed by atoms with E-state index in [1.807, 2.05) is 57.2 Å². The number of hydrogen-bond acceptors (Lipinski definition) is 4. The predicted octanol–water partition coefficient (Wildman–Crippen LogP) is 6.81. The van der Waals surface area contributed by atoms with Crippen LogP contribution in [0.25, 0.3) is 10.9 Å². The number of aryl methyl sites for hydroxylation is 1. The largest absolute Gasteiger partial charge is 0.493 e. The quantitative estimate of drug-likeness (QED) is 0.401. The lowest BCUT2D eigenvalue weighted by Crippen LogP contribution is -2.09. The Bertz CT molecular complexity index is 1120. The van der Waals surface area contributed by atoms with E-state index in [1.54, 1.807) is 4.57 Å². The molecule has 3 rings (SSSR count). The van der Waals surface area contributed by atoms with Crippen LogP contribution in [-0.2, 0) is 4.79 Å². The first-order valence-corrected chi connectivity index (χ1v) is 10.7. The van der Waals surface area contributed by atoms with Crippen LogP contribution in [0.2, 0.25) is 0 Å². The van der Waals surface area contributed by atoms with E-state index in [1.165, 1.54) is 0 Å². The number of carbonyl (C=O) groups is 1.